The maximum atomic E-state index is 13.0. The van der Waals surface area contributed by atoms with Crippen LogP contribution in [-0.4, -0.2) is 50.1 Å². The van der Waals surface area contributed by atoms with Crippen molar-refractivity contribution >= 4 is 27.5 Å². The largest absolute Gasteiger partial charge is 0.444 e. The molecule has 1 saturated heterocycles. The lowest BCUT2D eigenvalue weighted by Crippen LogP contribution is -2.48. The van der Waals surface area contributed by atoms with E-state index in [2.05, 4.69) is 31.0 Å². The van der Waals surface area contributed by atoms with Gasteiger partial charge in [0, 0.05) is 45.0 Å². The smallest absolute Gasteiger partial charge is 0.287 e. The Morgan fingerprint density at radius 3 is 2.46 bits per heavy atom. The highest BCUT2D eigenvalue weighted by Crippen LogP contribution is 2.17. The quantitative estimate of drug-likeness (QED) is 0.845. The van der Waals surface area contributed by atoms with E-state index in [1.165, 1.54) is 12.1 Å². The fourth-order valence-electron chi connectivity index (χ4n) is 2.73. The van der Waals surface area contributed by atoms with E-state index in [1.54, 1.807) is 12.1 Å². The molecule has 1 aliphatic heterocycles. The number of anilines is 1. The van der Waals surface area contributed by atoms with E-state index in [0.29, 0.717) is 17.0 Å². The molecular formula is C17H19BrFN3O2. The number of halogens is 2. The van der Waals surface area contributed by atoms with Gasteiger partial charge in [0.05, 0.1) is 0 Å². The summed E-state index contributed by atoms with van der Waals surface area (Å²) >= 11 is 3.18. The van der Waals surface area contributed by atoms with Crippen LogP contribution in [0.2, 0.25) is 0 Å². The standard InChI is InChI=1S/C17H19BrFN3O2/c18-16-6-5-15(24-16)17(23)20-7-8-21-9-11-22(12-10-21)14-3-1-13(19)2-4-14/h1-6H,7-12H2,(H,20,23). The summed E-state index contributed by atoms with van der Waals surface area (Å²) in [7, 11) is 0. The first kappa shape index (κ1) is 17.0. The van der Waals surface area contributed by atoms with Gasteiger partial charge in [0.2, 0.25) is 0 Å². The van der Waals surface area contributed by atoms with Crippen LogP contribution in [0.1, 0.15) is 10.6 Å². The summed E-state index contributed by atoms with van der Waals surface area (Å²) in [4.78, 5) is 16.4. The van der Waals surface area contributed by atoms with Crippen LogP contribution in [0.3, 0.4) is 0 Å². The minimum Gasteiger partial charge on any atom is -0.444 e. The Balaban J connectivity index is 1.39. The Hall–Kier alpha value is -1.86. The van der Waals surface area contributed by atoms with Crippen molar-refractivity contribution in [2.75, 3.05) is 44.2 Å². The van der Waals surface area contributed by atoms with Gasteiger partial charge in [-0.2, -0.15) is 0 Å². The lowest BCUT2D eigenvalue weighted by molar-refractivity contribution is 0.0919. The number of hydrogen-bond donors (Lipinski definition) is 1. The van der Waals surface area contributed by atoms with Crippen molar-refractivity contribution in [2.45, 2.75) is 0 Å². The van der Waals surface area contributed by atoms with Crippen molar-refractivity contribution in [2.24, 2.45) is 0 Å². The second-order valence-electron chi connectivity index (χ2n) is 5.66. The van der Waals surface area contributed by atoms with Gasteiger partial charge in [0.25, 0.3) is 5.91 Å². The molecule has 2 heterocycles. The molecular weight excluding hydrogens is 377 g/mol. The van der Waals surface area contributed by atoms with Crippen molar-refractivity contribution in [3.8, 4) is 0 Å². The third-order valence-electron chi connectivity index (χ3n) is 4.07. The number of hydrogen-bond acceptors (Lipinski definition) is 4. The van der Waals surface area contributed by atoms with E-state index in [0.717, 1.165) is 38.4 Å². The highest BCUT2D eigenvalue weighted by molar-refractivity contribution is 9.10. The van der Waals surface area contributed by atoms with Crippen molar-refractivity contribution in [3.05, 3.63) is 52.6 Å². The molecule has 128 valence electrons. The van der Waals surface area contributed by atoms with Gasteiger partial charge in [-0.1, -0.05) is 0 Å². The number of carbonyl (C=O) groups is 1. The number of rotatable bonds is 5. The molecule has 0 unspecified atom stereocenters. The summed E-state index contributed by atoms with van der Waals surface area (Å²) in [5.74, 6) is -0.106. The van der Waals surface area contributed by atoms with Crippen molar-refractivity contribution in [1.82, 2.24) is 10.2 Å². The molecule has 1 fully saturated rings. The number of amides is 1. The zero-order valence-corrected chi connectivity index (χ0v) is 14.8. The third-order valence-corrected chi connectivity index (χ3v) is 4.50. The summed E-state index contributed by atoms with van der Waals surface area (Å²) < 4.78 is 18.7. The summed E-state index contributed by atoms with van der Waals surface area (Å²) in [6.07, 6.45) is 0. The SMILES string of the molecule is O=C(NCCN1CCN(c2ccc(F)cc2)CC1)c1ccc(Br)o1. The number of benzene rings is 1. The minimum atomic E-state index is -0.211. The molecule has 0 atom stereocenters. The summed E-state index contributed by atoms with van der Waals surface area (Å²) in [6, 6.07) is 9.94. The van der Waals surface area contributed by atoms with Crippen molar-refractivity contribution < 1.29 is 13.6 Å². The molecule has 1 amide bonds. The highest BCUT2D eigenvalue weighted by atomic mass is 79.9. The zero-order valence-electron chi connectivity index (χ0n) is 13.2. The predicted molar refractivity (Wildman–Crippen MR) is 93.8 cm³/mol. The van der Waals surface area contributed by atoms with Crippen LogP contribution in [0.4, 0.5) is 10.1 Å². The van der Waals surface area contributed by atoms with Gasteiger partial charge in [0.15, 0.2) is 10.4 Å². The second kappa shape index (κ2) is 7.81. The number of nitrogens with zero attached hydrogens (tertiary/aromatic N) is 2. The van der Waals surface area contributed by atoms with E-state index < -0.39 is 0 Å². The van der Waals surface area contributed by atoms with E-state index in [1.807, 2.05) is 12.1 Å². The van der Waals surface area contributed by atoms with Gasteiger partial charge in [-0.05, 0) is 52.3 Å². The molecule has 0 bridgehead atoms. The molecule has 0 spiro atoms. The molecule has 1 aliphatic rings. The molecule has 24 heavy (non-hydrogen) atoms. The van der Waals surface area contributed by atoms with Gasteiger partial charge in [-0.3, -0.25) is 9.69 Å². The maximum absolute atomic E-state index is 13.0. The molecule has 1 aromatic carbocycles. The lowest BCUT2D eigenvalue weighted by Gasteiger charge is -2.36. The van der Waals surface area contributed by atoms with Crippen LogP contribution in [0.25, 0.3) is 0 Å². The normalized spacial score (nSPS) is 15.5. The maximum Gasteiger partial charge on any atom is 0.287 e. The molecule has 5 nitrogen and oxygen atoms in total. The van der Waals surface area contributed by atoms with Gasteiger partial charge in [0.1, 0.15) is 5.82 Å². The van der Waals surface area contributed by atoms with Crippen LogP contribution < -0.4 is 10.2 Å². The van der Waals surface area contributed by atoms with E-state index in [9.17, 15) is 9.18 Å². The first-order valence-electron chi connectivity index (χ1n) is 7.88. The topological polar surface area (TPSA) is 48.7 Å². The van der Waals surface area contributed by atoms with Gasteiger partial charge in [-0.15, -0.1) is 0 Å². The zero-order chi connectivity index (χ0) is 16.9. The Labute approximate surface area is 148 Å². The number of furan rings is 1. The van der Waals surface area contributed by atoms with Gasteiger partial charge in [-0.25, -0.2) is 4.39 Å². The monoisotopic (exact) mass is 395 g/mol. The average Bonchev–Trinajstić information content (AvgIpc) is 3.03. The first-order chi connectivity index (χ1) is 11.6. The minimum absolute atomic E-state index is 0.203. The molecule has 0 saturated carbocycles. The highest BCUT2D eigenvalue weighted by Gasteiger charge is 2.17. The van der Waals surface area contributed by atoms with Crippen molar-refractivity contribution in [3.63, 3.8) is 0 Å². The number of nitrogens with one attached hydrogen (secondary N) is 1. The molecule has 7 heteroatoms. The summed E-state index contributed by atoms with van der Waals surface area (Å²) in [5, 5.41) is 2.86. The van der Waals surface area contributed by atoms with E-state index in [4.69, 9.17) is 4.42 Å². The van der Waals surface area contributed by atoms with Gasteiger partial charge >= 0.3 is 0 Å². The summed E-state index contributed by atoms with van der Waals surface area (Å²) in [5.41, 5.74) is 1.05. The Bertz CT molecular complexity index is 681. The van der Waals surface area contributed by atoms with Gasteiger partial charge < -0.3 is 14.6 Å². The third kappa shape index (κ3) is 4.36. The number of piperazine rings is 1. The van der Waals surface area contributed by atoms with E-state index in [-0.39, 0.29) is 11.7 Å². The molecule has 0 radical (unpaired) electrons. The molecule has 3 rings (SSSR count). The fraction of sp³-hybridized carbons (Fsp3) is 0.353. The predicted octanol–water partition coefficient (Wildman–Crippen LogP) is 2.73. The molecule has 2 aromatic rings. The fourth-order valence-corrected chi connectivity index (χ4v) is 3.04. The Morgan fingerprint density at radius 1 is 1.12 bits per heavy atom. The second-order valence-corrected chi connectivity index (χ2v) is 6.45. The average molecular weight is 396 g/mol. The van der Waals surface area contributed by atoms with Crippen LogP contribution in [-0.2, 0) is 0 Å². The summed E-state index contributed by atoms with van der Waals surface area (Å²) in [6.45, 7) is 4.99. The van der Waals surface area contributed by atoms with Crippen LogP contribution in [0.5, 0.6) is 0 Å². The van der Waals surface area contributed by atoms with Crippen LogP contribution in [0.15, 0.2) is 45.5 Å². The van der Waals surface area contributed by atoms with Crippen LogP contribution >= 0.6 is 15.9 Å². The van der Waals surface area contributed by atoms with E-state index >= 15 is 0 Å². The Morgan fingerprint density at radius 2 is 1.83 bits per heavy atom. The van der Waals surface area contributed by atoms with Crippen molar-refractivity contribution in [1.29, 1.82) is 0 Å². The Kier molecular flexibility index (Phi) is 5.52. The molecule has 1 aromatic heterocycles. The first-order valence-corrected chi connectivity index (χ1v) is 8.67. The lowest BCUT2D eigenvalue weighted by atomic mass is 10.2. The molecule has 0 aliphatic carbocycles. The number of carbonyl (C=O) groups excluding carboxylic acids is 1. The van der Waals surface area contributed by atoms with Crippen LogP contribution in [0, 0.1) is 5.82 Å². The molecule has 1 N–H and O–H groups in total.